The standard InChI is InChI=1S/C23H26N4O2S/c1-4-26-21(18-11-13-19(29-3)14-12-18)24-25-23(26)30-16(2)22(28)27-15-7-9-17-8-5-6-10-20(17)27/h5-6,8,10-14,16H,4,7,9,15H2,1-3H3. The summed E-state index contributed by atoms with van der Waals surface area (Å²) < 4.78 is 7.30. The van der Waals surface area contributed by atoms with Gasteiger partial charge in [0.05, 0.1) is 12.4 Å². The number of para-hydroxylation sites is 1. The Morgan fingerprint density at radius 3 is 2.67 bits per heavy atom. The highest BCUT2D eigenvalue weighted by atomic mass is 32.2. The highest BCUT2D eigenvalue weighted by Crippen LogP contribution is 2.32. The SMILES string of the molecule is CCn1c(SC(C)C(=O)N2CCCc3ccccc32)nnc1-c1ccc(OC)cc1. The topological polar surface area (TPSA) is 60.2 Å². The molecule has 0 bridgehead atoms. The van der Waals surface area contributed by atoms with Crippen LogP contribution >= 0.6 is 11.8 Å². The fourth-order valence-corrected chi connectivity index (χ4v) is 4.78. The summed E-state index contributed by atoms with van der Waals surface area (Å²) >= 11 is 1.47. The van der Waals surface area contributed by atoms with Crippen molar-refractivity contribution < 1.29 is 9.53 Å². The Morgan fingerprint density at radius 1 is 1.17 bits per heavy atom. The number of hydrogen-bond donors (Lipinski definition) is 0. The normalized spacial score (nSPS) is 14.3. The number of carbonyl (C=O) groups excluding carboxylic acids is 1. The molecule has 1 aliphatic rings. The Hall–Kier alpha value is -2.80. The first kappa shape index (κ1) is 20.5. The Kier molecular flexibility index (Phi) is 6.08. The largest absolute Gasteiger partial charge is 0.497 e. The number of aryl methyl sites for hydroxylation is 1. The first-order valence-corrected chi connectivity index (χ1v) is 11.1. The van der Waals surface area contributed by atoms with Crippen LogP contribution in [0.3, 0.4) is 0 Å². The molecule has 3 aromatic rings. The van der Waals surface area contributed by atoms with Crippen LogP contribution in [-0.2, 0) is 17.8 Å². The second kappa shape index (κ2) is 8.92. The smallest absolute Gasteiger partial charge is 0.240 e. The summed E-state index contributed by atoms with van der Waals surface area (Å²) in [6.45, 7) is 5.50. The number of thioether (sulfide) groups is 1. The lowest BCUT2D eigenvalue weighted by Crippen LogP contribution is -2.40. The molecule has 0 spiro atoms. The first-order valence-electron chi connectivity index (χ1n) is 10.3. The molecule has 0 N–H and O–H groups in total. The summed E-state index contributed by atoms with van der Waals surface area (Å²) in [6.07, 6.45) is 2.02. The maximum Gasteiger partial charge on any atom is 0.240 e. The molecule has 30 heavy (non-hydrogen) atoms. The summed E-state index contributed by atoms with van der Waals surface area (Å²) in [7, 11) is 1.65. The van der Waals surface area contributed by atoms with Crippen molar-refractivity contribution in [3.8, 4) is 17.1 Å². The third-order valence-corrected chi connectivity index (χ3v) is 6.46. The molecule has 2 heterocycles. The monoisotopic (exact) mass is 422 g/mol. The molecule has 0 fully saturated rings. The molecule has 1 atom stereocenters. The van der Waals surface area contributed by atoms with Crippen LogP contribution in [0.4, 0.5) is 5.69 Å². The molecule has 1 amide bonds. The van der Waals surface area contributed by atoms with Crippen molar-refractivity contribution in [2.24, 2.45) is 0 Å². The maximum atomic E-state index is 13.2. The van der Waals surface area contributed by atoms with Gasteiger partial charge >= 0.3 is 0 Å². The lowest BCUT2D eigenvalue weighted by molar-refractivity contribution is -0.117. The number of ether oxygens (including phenoxy) is 1. The Morgan fingerprint density at radius 2 is 1.93 bits per heavy atom. The number of methoxy groups -OCH3 is 1. The van der Waals surface area contributed by atoms with Crippen LogP contribution in [0.2, 0.25) is 0 Å². The molecule has 0 radical (unpaired) electrons. The maximum absolute atomic E-state index is 13.2. The number of rotatable bonds is 6. The number of benzene rings is 2. The van der Waals surface area contributed by atoms with Gasteiger partial charge in [-0.25, -0.2) is 0 Å². The molecule has 1 aliphatic heterocycles. The van der Waals surface area contributed by atoms with Gasteiger partial charge in [0.15, 0.2) is 11.0 Å². The van der Waals surface area contributed by atoms with Crippen LogP contribution in [0, 0.1) is 0 Å². The zero-order chi connectivity index (χ0) is 21.1. The molecule has 4 rings (SSSR count). The highest BCUT2D eigenvalue weighted by Gasteiger charge is 2.28. The summed E-state index contributed by atoms with van der Waals surface area (Å²) in [6, 6.07) is 16.0. The second-order valence-electron chi connectivity index (χ2n) is 7.26. The van der Waals surface area contributed by atoms with Gasteiger partial charge in [-0.05, 0) is 62.6 Å². The van der Waals surface area contributed by atoms with E-state index >= 15 is 0 Å². The fraction of sp³-hybridized carbons (Fsp3) is 0.348. The van der Waals surface area contributed by atoms with Gasteiger partial charge in [-0.3, -0.25) is 4.79 Å². The van der Waals surface area contributed by atoms with Crippen molar-refractivity contribution in [1.82, 2.24) is 14.8 Å². The Balaban J connectivity index is 1.54. The quantitative estimate of drug-likeness (QED) is 0.550. The fourth-order valence-electron chi connectivity index (χ4n) is 3.81. The number of hydrogen-bond acceptors (Lipinski definition) is 5. The van der Waals surface area contributed by atoms with Crippen molar-refractivity contribution >= 4 is 23.4 Å². The van der Waals surface area contributed by atoms with E-state index in [-0.39, 0.29) is 11.2 Å². The molecule has 156 valence electrons. The van der Waals surface area contributed by atoms with E-state index in [4.69, 9.17) is 4.74 Å². The van der Waals surface area contributed by atoms with Crippen LogP contribution in [0.25, 0.3) is 11.4 Å². The van der Waals surface area contributed by atoms with E-state index in [1.54, 1.807) is 7.11 Å². The van der Waals surface area contributed by atoms with Crippen molar-refractivity contribution in [2.75, 3.05) is 18.6 Å². The molecule has 7 heteroatoms. The number of anilines is 1. The zero-order valence-corrected chi connectivity index (χ0v) is 18.4. The summed E-state index contributed by atoms with van der Waals surface area (Å²) in [5.41, 5.74) is 3.26. The molecular weight excluding hydrogens is 396 g/mol. The molecule has 0 aliphatic carbocycles. The third kappa shape index (κ3) is 3.94. The Labute approximate surface area is 181 Å². The van der Waals surface area contributed by atoms with Crippen LogP contribution in [0.1, 0.15) is 25.8 Å². The van der Waals surface area contributed by atoms with Crippen LogP contribution in [0.5, 0.6) is 5.75 Å². The Bertz CT molecular complexity index is 1030. The number of nitrogens with zero attached hydrogens (tertiary/aromatic N) is 4. The summed E-state index contributed by atoms with van der Waals surface area (Å²) in [4.78, 5) is 15.2. The van der Waals surface area contributed by atoms with E-state index in [2.05, 4.69) is 27.8 Å². The van der Waals surface area contributed by atoms with Crippen molar-refractivity contribution in [2.45, 2.75) is 43.6 Å². The lowest BCUT2D eigenvalue weighted by Gasteiger charge is -2.31. The molecule has 2 aromatic carbocycles. The number of fused-ring (bicyclic) bond motifs is 1. The molecule has 6 nitrogen and oxygen atoms in total. The second-order valence-corrected chi connectivity index (χ2v) is 8.57. The van der Waals surface area contributed by atoms with Crippen LogP contribution in [-0.4, -0.2) is 39.6 Å². The number of aromatic nitrogens is 3. The van der Waals surface area contributed by atoms with Gasteiger partial charge in [0, 0.05) is 24.3 Å². The summed E-state index contributed by atoms with van der Waals surface area (Å²) in [5, 5.41) is 9.30. The number of carbonyl (C=O) groups is 1. The summed E-state index contributed by atoms with van der Waals surface area (Å²) in [5.74, 6) is 1.71. The third-order valence-electron chi connectivity index (χ3n) is 5.39. The van der Waals surface area contributed by atoms with Crippen LogP contribution in [0.15, 0.2) is 53.7 Å². The predicted octanol–water partition coefficient (Wildman–Crippen LogP) is 4.43. The van der Waals surface area contributed by atoms with E-state index in [1.807, 2.05) is 54.3 Å². The molecule has 0 saturated heterocycles. The predicted molar refractivity (Wildman–Crippen MR) is 120 cm³/mol. The average molecular weight is 423 g/mol. The minimum Gasteiger partial charge on any atom is -0.497 e. The average Bonchev–Trinajstić information content (AvgIpc) is 3.20. The minimum atomic E-state index is -0.255. The molecule has 1 aromatic heterocycles. The van der Waals surface area contributed by atoms with Crippen LogP contribution < -0.4 is 9.64 Å². The lowest BCUT2D eigenvalue weighted by atomic mass is 10.0. The number of amides is 1. The van der Waals surface area contributed by atoms with Gasteiger partial charge in [0.1, 0.15) is 5.75 Å². The van der Waals surface area contributed by atoms with Crippen molar-refractivity contribution in [1.29, 1.82) is 0 Å². The molecule has 0 saturated carbocycles. The van der Waals surface area contributed by atoms with Crippen molar-refractivity contribution in [3.63, 3.8) is 0 Å². The van der Waals surface area contributed by atoms with E-state index in [0.29, 0.717) is 0 Å². The van der Waals surface area contributed by atoms with Gasteiger partial charge in [-0.15, -0.1) is 10.2 Å². The zero-order valence-electron chi connectivity index (χ0n) is 17.5. The van der Waals surface area contributed by atoms with E-state index < -0.39 is 0 Å². The van der Waals surface area contributed by atoms with E-state index in [0.717, 1.165) is 53.9 Å². The minimum absolute atomic E-state index is 0.115. The van der Waals surface area contributed by atoms with Gasteiger partial charge in [-0.1, -0.05) is 30.0 Å². The highest BCUT2D eigenvalue weighted by molar-refractivity contribution is 8.00. The molecular formula is C23H26N4O2S. The van der Waals surface area contributed by atoms with Crippen molar-refractivity contribution in [3.05, 3.63) is 54.1 Å². The van der Waals surface area contributed by atoms with Gasteiger partial charge < -0.3 is 14.2 Å². The van der Waals surface area contributed by atoms with Gasteiger partial charge in [-0.2, -0.15) is 0 Å². The van der Waals surface area contributed by atoms with E-state index in [1.165, 1.54) is 17.3 Å². The molecule has 1 unspecified atom stereocenters. The first-order chi connectivity index (χ1) is 14.6. The van der Waals surface area contributed by atoms with E-state index in [9.17, 15) is 4.79 Å². The van der Waals surface area contributed by atoms with Gasteiger partial charge in [0.25, 0.3) is 0 Å². The van der Waals surface area contributed by atoms with Gasteiger partial charge in [0.2, 0.25) is 5.91 Å².